The molecule has 2 heterocycles. The first-order valence-electron chi connectivity index (χ1n) is 10.5. The van der Waals surface area contributed by atoms with Crippen LogP contribution >= 0.6 is 0 Å². The molecule has 0 spiro atoms. The number of amides is 3. The largest absolute Gasteiger partial charge is 0.356 e. The lowest BCUT2D eigenvalue weighted by Gasteiger charge is -2.32. The highest BCUT2D eigenvalue weighted by Gasteiger charge is 2.28. The third kappa shape index (κ3) is 6.21. The average molecular weight is 388 g/mol. The van der Waals surface area contributed by atoms with Crippen LogP contribution in [0.5, 0.6) is 0 Å². The lowest BCUT2D eigenvalue weighted by Crippen LogP contribution is -2.47. The molecule has 0 aliphatic carbocycles. The number of piperidine rings is 1. The van der Waals surface area contributed by atoms with E-state index in [4.69, 9.17) is 0 Å². The minimum absolute atomic E-state index is 0.0772. The second-order valence-electron chi connectivity index (χ2n) is 7.82. The fraction of sp³-hybridized carbons (Fsp3) is 0.619. The fourth-order valence-corrected chi connectivity index (χ4v) is 3.89. The Morgan fingerprint density at radius 2 is 2.04 bits per heavy atom. The number of nitrogens with zero attached hydrogens (tertiary/aromatic N) is 2. The lowest BCUT2D eigenvalue weighted by atomic mass is 9.97. The van der Waals surface area contributed by atoms with Crippen LogP contribution in [0.3, 0.4) is 0 Å². The van der Waals surface area contributed by atoms with Gasteiger partial charge in [-0.1, -0.05) is 12.1 Å². The molecule has 2 fully saturated rings. The van der Waals surface area contributed by atoms with E-state index in [2.05, 4.69) is 20.9 Å². The normalized spacial score (nSPS) is 20.6. The number of rotatable bonds is 6. The van der Waals surface area contributed by atoms with Crippen molar-refractivity contribution in [3.8, 4) is 0 Å². The number of hydrogen-bond donors (Lipinski definition) is 3. The quantitative estimate of drug-likeness (QED) is 0.649. The average Bonchev–Trinajstić information content (AvgIpc) is 2.72. The maximum atomic E-state index is 12.6. The zero-order valence-electron chi connectivity index (χ0n) is 16.9. The summed E-state index contributed by atoms with van der Waals surface area (Å²) < 4.78 is 0. The summed E-state index contributed by atoms with van der Waals surface area (Å²) in [5.41, 5.74) is 1.90. The Morgan fingerprint density at radius 1 is 1.21 bits per heavy atom. The van der Waals surface area contributed by atoms with Crippen molar-refractivity contribution in [2.24, 2.45) is 5.92 Å². The zero-order chi connectivity index (χ0) is 19.8. The molecule has 0 aromatic heterocycles. The predicted molar refractivity (Wildman–Crippen MR) is 111 cm³/mol. The summed E-state index contributed by atoms with van der Waals surface area (Å²) >= 11 is 0. The Balaban J connectivity index is 1.39. The number of urea groups is 1. The van der Waals surface area contributed by atoms with Crippen LogP contribution in [0.15, 0.2) is 24.3 Å². The van der Waals surface area contributed by atoms with E-state index in [9.17, 15) is 9.59 Å². The fourth-order valence-electron chi connectivity index (χ4n) is 3.89. The summed E-state index contributed by atoms with van der Waals surface area (Å²) in [5.74, 6) is -0.0374. The van der Waals surface area contributed by atoms with E-state index < -0.39 is 0 Å². The van der Waals surface area contributed by atoms with Crippen LogP contribution in [0.4, 0.5) is 10.5 Å². The minimum atomic E-state index is -0.123. The molecule has 3 N–H and O–H groups in total. The van der Waals surface area contributed by atoms with Crippen molar-refractivity contribution in [2.75, 3.05) is 57.7 Å². The van der Waals surface area contributed by atoms with Gasteiger partial charge in [0.05, 0.1) is 5.92 Å². The van der Waals surface area contributed by atoms with Gasteiger partial charge in [0.2, 0.25) is 5.91 Å². The smallest absolute Gasteiger partial charge is 0.321 e. The minimum Gasteiger partial charge on any atom is -0.356 e. The van der Waals surface area contributed by atoms with Crippen LogP contribution < -0.4 is 16.0 Å². The van der Waals surface area contributed by atoms with Crippen molar-refractivity contribution >= 4 is 17.6 Å². The summed E-state index contributed by atoms with van der Waals surface area (Å²) in [6.45, 7) is 9.18. The molecule has 154 valence electrons. The second kappa shape index (κ2) is 10.4. The highest BCUT2D eigenvalue weighted by molar-refractivity contribution is 5.90. The summed E-state index contributed by atoms with van der Waals surface area (Å²) in [6, 6.07) is 7.64. The van der Waals surface area contributed by atoms with Gasteiger partial charge in [0.25, 0.3) is 0 Å². The number of hydrogen-bond acceptors (Lipinski definition) is 4. The van der Waals surface area contributed by atoms with E-state index in [0.29, 0.717) is 19.6 Å². The van der Waals surface area contributed by atoms with Gasteiger partial charge in [-0.15, -0.1) is 0 Å². The maximum Gasteiger partial charge on any atom is 0.321 e. The zero-order valence-corrected chi connectivity index (χ0v) is 16.9. The molecule has 2 saturated heterocycles. The van der Waals surface area contributed by atoms with Gasteiger partial charge in [-0.25, -0.2) is 4.79 Å². The van der Waals surface area contributed by atoms with E-state index in [1.165, 1.54) is 0 Å². The number of likely N-dealkylation sites (tertiary alicyclic amines) is 1. The number of carbonyl (C=O) groups is 2. The Kier molecular flexibility index (Phi) is 7.68. The van der Waals surface area contributed by atoms with Gasteiger partial charge in [0.15, 0.2) is 0 Å². The summed E-state index contributed by atoms with van der Waals surface area (Å²) in [7, 11) is 0. The molecule has 3 amide bonds. The van der Waals surface area contributed by atoms with Crippen molar-refractivity contribution in [3.63, 3.8) is 0 Å². The molecule has 1 unspecified atom stereocenters. The second-order valence-corrected chi connectivity index (χ2v) is 7.82. The van der Waals surface area contributed by atoms with Crippen molar-refractivity contribution in [2.45, 2.75) is 26.2 Å². The standard InChI is InChI=1S/C21H33N5O2/c1-17-5-2-7-19(15-17)24-21(28)26-12-3-6-18(16-26)20(27)23-8-4-11-25-13-9-22-10-14-25/h2,5,7,15,18,22H,3-4,6,8-14,16H2,1H3,(H,23,27)(H,24,28). The Labute approximate surface area is 167 Å². The molecule has 7 nitrogen and oxygen atoms in total. The van der Waals surface area contributed by atoms with E-state index >= 15 is 0 Å². The van der Waals surface area contributed by atoms with Crippen LogP contribution in [0.25, 0.3) is 0 Å². The molecular weight excluding hydrogens is 354 g/mol. The van der Waals surface area contributed by atoms with E-state index in [-0.39, 0.29) is 17.9 Å². The van der Waals surface area contributed by atoms with Gasteiger partial charge in [-0.2, -0.15) is 0 Å². The molecule has 0 radical (unpaired) electrons. The molecule has 0 saturated carbocycles. The van der Waals surface area contributed by atoms with Crippen molar-refractivity contribution in [3.05, 3.63) is 29.8 Å². The number of anilines is 1. The van der Waals surface area contributed by atoms with Gasteiger partial charge >= 0.3 is 6.03 Å². The lowest BCUT2D eigenvalue weighted by molar-refractivity contribution is -0.126. The van der Waals surface area contributed by atoms with E-state index in [1.807, 2.05) is 31.2 Å². The Hall–Kier alpha value is -2.12. The summed E-state index contributed by atoms with van der Waals surface area (Å²) in [5, 5.41) is 9.36. The SMILES string of the molecule is Cc1cccc(NC(=O)N2CCCC(C(=O)NCCCN3CCNCC3)C2)c1. The third-order valence-corrected chi connectivity index (χ3v) is 5.51. The van der Waals surface area contributed by atoms with Gasteiger partial charge < -0.3 is 25.8 Å². The van der Waals surface area contributed by atoms with Crippen LogP contribution in [-0.2, 0) is 4.79 Å². The monoisotopic (exact) mass is 387 g/mol. The summed E-state index contributed by atoms with van der Waals surface area (Å²) in [4.78, 5) is 29.3. The van der Waals surface area contributed by atoms with Gasteiger partial charge in [0, 0.05) is 51.5 Å². The molecule has 0 bridgehead atoms. The third-order valence-electron chi connectivity index (χ3n) is 5.51. The molecular formula is C21H33N5O2. The molecule has 2 aliphatic heterocycles. The number of aryl methyl sites for hydroxylation is 1. The molecule has 2 aliphatic rings. The van der Waals surface area contributed by atoms with Crippen molar-refractivity contribution in [1.29, 1.82) is 0 Å². The topological polar surface area (TPSA) is 76.7 Å². The number of piperazine rings is 1. The highest BCUT2D eigenvalue weighted by atomic mass is 16.2. The first-order chi connectivity index (χ1) is 13.6. The maximum absolute atomic E-state index is 12.6. The molecule has 3 rings (SSSR count). The Bertz CT molecular complexity index is 660. The molecule has 7 heteroatoms. The van der Waals surface area contributed by atoms with Crippen LogP contribution in [-0.4, -0.2) is 74.1 Å². The number of benzene rings is 1. The van der Waals surface area contributed by atoms with Crippen LogP contribution in [0.1, 0.15) is 24.8 Å². The van der Waals surface area contributed by atoms with Crippen LogP contribution in [0, 0.1) is 12.8 Å². The predicted octanol–water partition coefficient (Wildman–Crippen LogP) is 1.65. The summed E-state index contributed by atoms with van der Waals surface area (Å²) in [6.07, 6.45) is 2.67. The van der Waals surface area contributed by atoms with E-state index in [0.717, 1.165) is 63.2 Å². The first kappa shape index (κ1) is 20.6. The molecule has 1 aromatic rings. The number of carbonyl (C=O) groups excluding carboxylic acids is 2. The van der Waals surface area contributed by atoms with Crippen molar-refractivity contribution < 1.29 is 9.59 Å². The Morgan fingerprint density at radius 3 is 2.82 bits per heavy atom. The first-order valence-corrected chi connectivity index (χ1v) is 10.5. The van der Waals surface area contributed by atoms with Crippen LogP contribution in [0.2, 0.25) is 0 Å². The molecule has 1 atom stereocenters. The number of nitrogens with one attached hydrogen (secondary N) is 3. The highest BCUT2D eigenvalue weighted by Crippen LogP contribution is 2.18. The van der Waals surface area contributed by atoms with Gasteiger partial charge in [-0.3, -0.25) is 4.79 Å². The van der Waals surface area contributed by atoms with E-state index in [1.54, 1.807) is 4.90 Å². The molecule has 28 heavy (non-hydrogen) atoms. The van der Waals surface area contributed by atoms with Gasteiger partial charge in [-0.05, 0) is 50.4 Å². The van der Waals surface area contributed by atoms with Crippen molar-refractivity contribution in [1.82, 2.24) is 20.4 Å². The van der Waals surface area contributed by atoms with Gasteiger partial charge in [0.1, 0.15) is 0 Å². The molecule has 1 aromatic carbocycles.